The molecule has 2 fully saturated rings. The molecule has 0 saturated carbocycles. The molecular formula is C44H46N8O7. The van der Waals surface area contributed by atoms with E-state index in [2.05, 4.69) is 26.6 Å². The number of amides is 6. The first-order valence-electron chi connectivity index (χ1n) is 19.4. The van der Waals surface area contributed by atoms with Crippen LogP contribution in [-0.4, -0.2) is 95.0 Å². The van der Waals surface area contributed by atoms with Crippen molar-refractivity contribution in [1.82, 2.24) is 31.3 Å². The summed E-state index contributed by atoms with van der Waals surface area (Å²) in [6, 6.07) is 27.6. The van der Waals surface area contributed by atoms with E-state index in [0.717, 1.165) is 11.1 Å². The fourth-order valence-electron chi connectivity index (χ4n) is 7.32. The van der Waals surface area contributed by atoms with Crippen LogP contribution in [0.15, 0.2) is 114 Å². The van der Waals surface area contributed by atoms with Gasteiger partial charge in [-0.2, -0.15) is 5.10 Å². The molecule has 59 heavy (non-hydrogen) atoms. The van der Waals surface area contributed by atoms with Crippen molar-refractivity contribution in [3.63, 3.8) is 0 Å². The molecule has 0 aliphatic carbocycles. The van der Waals surface area contributed by atoms with Gasteiger partial charge in [0.15, 0.2) is 0 Å². The third-order valence-corrected chi connectivity index (χ3v) is 10.4. The number of hydrogen-bond acceptors (Lipinski definition) is 9. The molecule has 0 aromatic heterocycles. The fourth-order valence-corrected chi connectivity index (χ4v) is 7.32. The van der Waals surface area contributed by atoms with E-state index in [1.165, 1.54) is 16.0 Å². The summed E-state index contributed by atoms with van der Waals surface area (Å²) in [6.07, 6.45) is 4.57. The zero-order valence-electron chi connectivity index (χ0n) is 32.3. The average Bonchev–Trinajstić information content (AvgIpc) is 3.98. The van der Waals surface area contributed by atoms with Gasteiger partial charge in [-0.1, -0.05) is 84.9 Å². The molecule has 0 unspecified atom stereocenters. The van der Waals surface area contributed by atoms with Crippen molar-refractivity contribution in [1.29, 1.82) is 0 Å². The zero-order chi connectivity index (χ0) is 41.7. The molecule has 2 aliphatic heterocycles. The zero-order valence-corrected chi connectivity index (χ0v) is 32.3. The largest absolute Gasteiger partial charge is 0.342 e. The van der Waals surface area contributed by atoms with E-state index in [9.17, 15) is 33.6 Å². The lowest BCUT2D eigenvalue weighted by molar-refractivity contribution is -0.131. The number of nitrogens with one attached hydrogen (secondary N) is 4. The van der Waals surface area contributed by atoms with Crippen molar-refractivity contribution in [2.75, 3.05) is 13.1 Å². The first-order valence-corrected chi connectivity index (χ1v) is 19.4. The number of likely N-dealkylation sites (tertiary alicyclic amines) is 2. The first kappa shape index (κ1) is 41.6. The first-order chi connectivity index (χ1) is 28.6. The second-order valence-electron chi connectivity index (χ2n) is 14.4. The molecule has 2 aliphatic rings. The van der Waals surface area contributed by atoms with E-state index < -0.39 is 47.8 Å². The van der Waals surface area contributed by atoms with E-state index in [0.29, 0.717) is 67.3 Å². The SMILES string of the molecule is NNC(=O)[C@H](Cc1ccccc1)NC(=O)[C@@H]1CCCN1C(=O)c1ccc(/C=N/NC(=O)[C@H](Cc2ccccc2)NC(=O)[C@@H]2CCCN2C(=O)c2ccc(C=O)cc2)cc1. The van der Waals surface area contributed by atoms with Crippen molar-refractivity contribution in [2.24, 2.45) is 10.9 Å². The highest BCUT2D eigenvalue weighted by molar-refractivity contribution is 6.00. The number of hydrazine groups is 1. The number of hydrazone groups is 1. The number of benzene rings is 4. The topological polar surface area (TPSA) is 212 Å². The van der Waals surface area contributed by atoms with E-state index in [-0.39, 0.29) is 24.7 Å². The van der Waals surface area contributed by atoms with Crippen molar-refractivity contribution < 1.29 is 33.6 Å². The molecule has 0 bridgehead atoms. The Hall–Kier alpha value is -7.00. The molecule has 4 atom stereocenters. The van der Waals surface area contributed by atoms with E-state index in [1.54, 1.807) is 48.5 Å². The lowest BCUT2D eigenvalue weighted by Crippen LogP contribution is -2.54. The van der Waals surface area contributed by atoms with Gasteiger partial charge >= 0.3 is 0 Å². The van der Waals surface area contributed by atoms with Gasteiger partial charge in [-0.25, -0.2) is 11.3 Å². The number of carbonyl (C=O) groups is 7. The van der Waals surface area contributed by atoms with Gasteiger partial charge in [0.05, 0.1) is 6.21 Å². The summed E-state index contributed by atoms with van der Waals surface area (Å²) in [5.74, 6) is 2.68. The molecule has 304 valence electrons. The molecule has 15 heteroatoms. The van der Waals surface area contributed by atoms with Crippen LogP contribution in [0, 0.1) is 0 Å². The van der Waals surface area contributed by atoms with Crippen molar-refractivity contribution in [3.05, 3.63) is 143 Å². The van der Waals surface area contributed by atoms with E-state index in [4.69, 9.17) is 5.84 Å². The maximum atomic E-state index is 13.6. The third-order valence-electron chi connectivity index (χ3n) is 10.4. The van der Waals surface area contributed by atoms with Crippen LogP contribution in [0.2, 0.25) is 0 Å². The lowest BCUT2D eigenvalue weighted by Gasteiger charge is -2.26. The molecule has 4 aromatic rings. The Kier molecular flexibility index (Phi) is 14.1. The normalized spacial score (nSPS) is 17.2. The average molecular weight is 799 g/mol. The summed E-state index contributed by atoms with van der Waals surface area (Å²) in [5, 5.41) is 9.73. The molecular weight excluding hydrogens is 753 g/mol. The molecule has 6 amide bonds. The van der Waals surface area contributed by atoms with Crippen LogP contribution in [0.4, 0.5) is 0 Å². The summed E-state index contributed by atoms with van der Waals surface area (Å²) < 4.78 is 0. The monoisotopic (exact) mass is 798 g/mol. The Morgan fingerprint density at radius 3 is 1.51 bits per heavy atom. The minimum Gasteiger partial charge on any atom is -0.342 e. The summed E-state index contributed by atoms with van der Waals surface area (Å²) in [5.41, 5.74) is 7.96. The minimum atomic E-state index is -1.02. The van der Waals surface area contributed by atoms with Gasteiger partial charge in [-0.3, -0.25) is 39.0 Å². The summed E-state index contributed by atoms with van der Waals surface area (Å²) >= 11 is 0. The molecule has 0 radical (unpaired) electrons. The Bertz CT molecular complexity index is 2160. The summed E-state index contributed by atoms with van der Waals surface area (Å²) in [4.78, 5) is 94.1. The summed E-state index contributed by atoms with van der Waals surface area (Å²) in [6.45, 7) is 0.736. The Labute approximate surface area is 341 Å². The highest BCUT2D eigenvalue weighted by Gasteiger charge is 2.38. The number of nitrogens with two attached hydrogens (primary N) is 1. The van der Waals surface area contributed by atoms with E-state index in [1.807, 2.05) is 60.7 Å². The second-order valence-corrected chi connectivity index (χ2v) is 14.4. The standard InChI is InChI=1S/C44H46N8O7/c45-49-39(54)35(25-29-9-3-1-4-10-29)47-41(56)37-13-7-23-51(37)43(58)33-19-15-31(16-20-33)27-46-50-40(55)36(26-30-11-5-2-6-12-30)48-42(57)38-14-8-24-52(38)44(59)34-21-17-32(28-53)18-22-34/h1-6,9-12,15-22,27-28,35-38H,7-8,13-14,23-26,45H2,(H,47,56)(H,48,57)(H,49,54)(H,50,55)/b46-27+/t35-,36-,37-,38-/m0/s1. The highest BCUT2D eigenvalue weighted by atomic mass is 16.2. The van der Waals surface area contributed by atoms with Gasteiger partial charge in [0.25, 0.3) is 23.6 Å². The van der Waals surface area contributed by atoms with Crippen LogP contribution < -0.4 is 27.3 Å². The van der Waals surface area contributed by atoms with Crippen LogP contribution in [0.3, 0.4) is 0 Å². The molecule has 4 aromatic carbocycles. The lowest BCUT2D eigenvalue weighted by atomic mass is 10.0. The van der Waals surface area contributed by atoms with Gasteiger partial charge in [-0.05, 0) is 66.6 Å². The summed E-state index contributed by atoms with van der Waals surface area (Å²) in [7, 11) is 0. The van der Waals surface area contributed by atoms with Crippen LogP contribution >= 0.6 is 0 Å². The van der Waals surface area contributed by atoms with Gasteiger partial charge < -0.3 is 20.4 Å². The highest BCUT2D eigenvalue weighted by Crippen LogP contribution is 2.23. The maximum absolute atomic E-state index is 13.6. The fraction of sp³-hybridized carbons (Fsp3) is 0.273. The maximum Gasteiger partial charge on any atom is 0.262 e. The Morgan fingerprint density at radius 2 is 1.07 bits per heavy atom. The molecule has 6 N–H and O–H groups in total. The van der Waals surface area contributed by atoms with Gasteiger partial charge in [0.1, 0.15) is 30.5 Å². The van der Waals surface area contributed by atoms with E-state index >= 15 is 0 Å². The Morgan fingerprint density at radius 1 is 0.627 bits per heavy atom. The molecule has 15 nitrogen and oxygen atoms in total. The number of rotatable bonds is 15. The van der Waals surface area contributed by atoms with Crippen LogP contribution in [0.25, 0.3) is 0 Å². The van der Waals surface area contributed by atoms with Gasteiger partial charge in [0.2, 0.25) is 11.8 Å². The van der Waals surface area contributed by atoms with Gasteiger partial charge in [0, 0.05) is 42.6 Å². The van der Waals surface area contributed by atoms with Crippen LogP contribution in [0.1, 0.15) is 73.4 Å². The molecule has 2 heterocycles. The van der Waals surface area contributed by atoms with Crippen LogP contribution in [0.5, 0.6) is 0 Å². The van der Waals surface area contributed by atoms with Crippen molar-refractivity contribution in [3.8, 4) is 0 Å². The predicted octanol–water partition coefficient (Wildman–Crippen LogP) is 2.30. The smallest absolute Gasteiger partial charge is 0.262 e. The number of hydrogen-bond donors (Lipinski definition) is 5. The van der Waals surface area contributed by atoms with Crippen molar-refractivity contribution in [2.45, 2.75) is 62.7 Å². The van der Waals surface area contributed by atoms with Crippen LogP contribution in [-0.2, 0) is 32.0 Å². The Balaban J connectivity index is 1.07. The quantitative estimate of drug-likeness (QED) is 0.0395. The number of carbonyl (C=O) groups excluding carboxylic acids is 7. The molecule has 6 rings (SSSR count). The number of nitrogens with zero attached hydrogens (tertiary/aromatic N) is 3. The predicted molar refractivity (Wildman–Crippen MR) is 219 cm³/mol. The molecule has 2 saturated heterocycles. The minimum absolute atomic E-state index is 0.169. The third kappa shape index (κ3) is 10.7. The molecule has 0 spiro atoms. The van der Waals surface area contributed by atoms with Gasteiger partial charge in [-0.15, -0.1) is 0 Å². The second kappa shape index (κ2) is 19.9. The van der Waals surface area contributed by atoms with Crippen molar-refractivity contribution >= 4 is 47.9 Å². The number of aldehydes is 1.